The lowest BCUT2D eigenvalue weighted by Gasteiger charge is -2.32. The Morgan fingerprint density at radius 2 is 1.67 bits per heavy atom. The van der Waals surface area contributed by atoms with Gasteiger partial charge in [0.05, 0.1) is 23.3 Å². The number of ether oxygens (including phenoxy) is 1. The summed E-state index contributed by atoms with van der Waals surface area (Å²) in [4.78, 5) is 19.2. The maximum Gasteiger partial charge on any atom is 0.222 e. The predicted octanol–water partition coefficient (Wildman–Crippen LogP) is 4.82. The van der Waals surface area contributed by atoms with Crippen molar-refractivity contribution in [3.63, 3.8) is 0 Å². The monoisotopic (exact) mass is 510 g/mol. The van der Waals surface area contributed by atoms with Gasteiger partial charge in [0.25, 0.3) is 0 Å². The van der Waals surface area contributed by atoms with Gasteiger partial charge < -0.3 is 9.64 Å². The molecule has 1 saturated heterocycles. The van der Waals surface area contributed by atoms with E-state index in [9.17, 15) is 17.6 Å². The van der Waals surface area contributed by atoms with Gasteiger partial charge >= 0.3 is 0 Å². The van der Waals surface area contributed by atoms with Gasteiger partial charge in [-0.15, -0.1) is 0 Å². The molecule has 0 bridgehead atoms. The number of piperidine rings is 1. The number of rotatable bonds is 9. The van der Waals surface area contributed by atoms with E-state index >= 15 is 0 Å². The molecule has 0 N–H and O–H groups in total. The standard InChI is InChI=1S/C28H31FN2O4S/c1-36(33,34)26-12-8-23(9-13-26)27-14-7-22(19-30-27)20-35-25-15-17-31(18-16-25)28(32)4-2-3-21-5-10-24(29)11-6-21/h5-14,19,25H,2-4,15-18,20H2,1H3. The fourth-order valence-electron chi connectivity index (χ4n) is 4.29. The highest BCUT2D eigenvalue weighted by Crippen LogP contribution is 2.21. The van der Waals surface area contributed by atoms with Gasteiger partial charge in [0.15, 0.2) is 9.84 Å². The number of nitrogens with zero attached hydrogens (tertiary/aromatic N) is 2. The molecule has 36 heavy (non-hydrogen) atoms. The molecular weight excluding hydrogens is 479 g/mol. The second-order valence-corrected chi connectivity index (χ2v) is 11.2. The summed E-state index contributed by atoms with van der Waals surface area (Å²) in [6.07, 6.45) is 6.71. The number of carbonyl (C=O) groups excluding carboxylic acids is 1. The van der Waals surface area contributed by atoms with Crippen LogP contribution in [0.15, 0.2) is 71.8 Å². The minimum absolute atomic E-state index is 0.108. The number of halogens is 1. The van der Waals surface area contributed by atoms with Crippen LogP contribution < -0.4 is 0 Å². The van der Waals surface area contributed by atoms with Gasteiger partial charge in [0.1, 0.15) is 5.82 Å². The number of benzene rings is 2. The summed E-state index contributed by atoms with van der Waals surface area (Å²) >= 11 is 0. The van der Waals surface area contributed by atoms with E-state index in [4.69, 9.17) is 4.74 Å². The van der Waals surface area contributed by atoms with Crippen molar-refractivity contribution in [2.24, 2.45) is 0 Å². The third-order valence-electron chi connectivity index (χ3n) is 6.45. The first-order valence-electron chi connectivity index (χ1n) is 12.2. The van der Waals surface area contributed by atoms with Crippen LogP contribution in [0.3, 0.4) is 0 Å². The van der Waals surface area contributed by atoms with Crippen molar-refractivity contribution >= 4 is 15.7 Å². The van der Waals surface area contributed by atoms with Gasteiger partial charge in [0.2, 0.25) is 5.91 Å². The molecular formula is C28H31FN2O4S. The van der Waals surface area contributed by atoms with Crippen LogP contribution in [0.1, 0.15) is 36.8 Å². The van der Waals surface area contributed by atoms with Gasteiger partial charge in [-0.1, -0.05) is 30.3 Å². The molecule has 2 aromatic carbocycles. The van der Waals surface area contributed by atoms with Crippen molar-refractivity contribution in [2.45, 2.75) is 49.7 Å². The Bertz CT molecular complexity index is 1250. The van der Waals surface area contributed by atoms with Crippen LogP contribution in [0.25, 0.3) is 11.3 Å². The van der Waals surface area contributed by atoms with Crippen molar-refractivity contribution < 1.29 is 22.3 Å². The maximum absolute atomic E-state index is 13.0. The Kier molecular flexibility index (Phi) is 8.48. The molecule has 4 rings (SSSR count). The first-order chi connectivity index (χ1) is 17.3. The van der Waals surface area contributed by atoms with Gasteiger partial charge in [-0.25, -0.2) is 12.8 Å². The highest BCUT2D eigenvalue weighted by molar-refractivity contribution is 7.90. The maximum atomic E-state index is 13.0. The van der Waals surface area contributed by atoms with Crippen LogP contribution >= 0.6 is 0 Å². The van der Waals surface area contributed by atoms with E-state index in [1.807, 2.05) is 17.0 Å². The molecule has 0 aliphatic carbocycles. The Labute approximate surface area is 212 Å². The number of pyridine rings is 1. The minimum atomic E-state index is -3.22. The second-order valence-electron chi connectivity index (χ2n) is 9.22. The number of aromatic nitrogens is 1. The largest absolute Gasteiger partial charge is 0.373 e. The van der Waals surface area contributed by atoms with E-state index in [2.05, 4.69) is 4.98 Å². The van der Waals surface area contributed by atoms with Gasteiger partial charge in [0, 0.05) is 37.5 Å². The normalized spacial score (nSPS) is 14.7. The SMILES string of the molecule is CS(=O)(=O)c1ccc(-c2ccc(COC3CCN(C(=O)CCCc4ccc(F)cc4)CC3)cn2)cc1. The van der Waals surface area contributed by atoms with Crippen LogP contribution in [0.2, 0.25) is 0 Å². The van der Waals surface area contributed by atoms with E-state index < -0.39 is 9.84 Å². The van der Waals surface area contributed by atoms with E-state index in [-0.39, 0.29) is 22.7 Å². The fraction of sp³-hybridized carbons (Fsp3) is 0.357. The molecule has 190 valence electrons. The molecule has 3 aromatic rings. The average Bonchev–Trinajstić information content (AvgIpc) is 2.89. The summed E-state index contributed by atoms with van der Waals surface area (Å²) in [5.41, 5.74) is 3.63. The molecule has 1 aliphatic rings. The van der Waals surface area contributed by atoms with Crippen molar-refractivity contribution in [2.75, 3.05) is 19.3 Å². The molecule has 1 aliphatic heterocycles. The van der Waals surface area contributed by atoms with Crippen LogP contribution in [0, 0.1) is 5.82 Å². The highest BCUT2D eigenvalue weighted by atomic mass is 32.2. The smallest absolute Gasteiger partial charge is 0.222 e. The molecule has 1 fully saturated rings. The van der Waals surface area contributed by atoms with E-state index in [0.717, 1.165) is 48.1 Å². The third kappa shape index (κ3) is 7.21. The van der Waals surface area contributed by atoms with E-state index in [1.165, 1.54) is 18.4 Å². The first-order valence-corrected chi connectivity index (χ1v) is 14.1. The Hall–Kier alpha value is -3.10. The Balaban J connectivity index is 1.18. The summed E-state index contributed by atoms with van der Waals surface area (Å²) in [6.45, 7) is 1.85. The van der Waals surface area contributed by atoms with Gasteiger partial charge in [-0.3, -0.25) is 9.78 Å². The van der Waals surface area contributed by atoms with Crippen LogP contribution in [0.5, 0.6) is 0 Å². The summed E-state index contributed by atoms with van der Waals surface area (Å²) in [5, 5.41) is 0. The molecule has 0 spiro atoms. The molecule has 0 radical (unpaired) electrons. The quantitative estimate of drug-likeness (QED) is 0.413. The predicted molar refractivity (Wildman–Crippen MR) is 137 cm³/mol. The van der Waals surface area contributed by atoms with Gasteiger partial charge in [-0.2, -0.15) is 0 Å². The van der Waals surface area contributed by atoms with Crippen molar-refractivity contribution in [3.05, 3.63) is 83.8 Å². The van der Waals surface area contributed by atoms with E-state index in [1.54, 1.807) is 42.6 Å². The van der Waals surface area contributed by atoms with E-state index in [0.29, 0.717) is 26.1 Å². The molecule has 0 atom stereocenters. The third-order valence-corrected chi connectivity index (χ3v) is 7.58. The highest BCUT2D eigenvalue weighted by Gasteiger charge is 2.23. The number of carbonyl (C=O) groups is 1. The second kappa shape index (κ2) is 11.8. The zero-order chi connectivity index (χ0) is 25.5. The lowest BCUT2D eigenvalue weighted by molar-refractivity contribution is -0.134. The van der Waals surface area contributed by atoms with Crippen molar-refractivity contribution in [3.8, 4) is 11.3 Å². The molecule has 2 heterocycles. The Morgan fingerprint density at radius 3 is 2.28 bits per heavy atom. The molecule has 1 aromatic heterocycles. The molecule has 0 unspecified atom stereocenters. The number of aryl methyl sites for hydroxylation is 1. The van der Waals surface area contributed by atoms with Crippen molar-refractivity contribution in [1.29, 1.82) is 0 Å². The van der Waals surface area contributed by atoms with Crippen molar-refractivity contribution in [1.82, 2.24) is 9.88 Å². The lowest BCUT2D eigenvalue weighted by Crippen LogP contribution is -2.40. The molecule has 6 nitrogen and oxygen atoms in total. The number of amides is 1. The number of hydrogen-bond acceptors (Lipinski definition) is 5. The summed E-state index contributed by atoms with van der Waals surface area (Å²) in [5.74, 6) is -0.0769. The molecule has 0 saturated carbocycles. The summed E-state index contributed by atoms with van der Waals surface area (Å²) in [6, 6.07) is 17.0. The van der Waals surface area contributed by atoms with Crippen LogP contribution in [-0.4, -0.2) is 49.7 Å². The Morgan fingerprint density at radius 1 is 1.00 bits per heavy atom. The molecule has 1 amide bonds. The summed E-state index contributed by atoms with van der Waals surface area (Å²) in [7, 11) is -3.22. The average molecular weight is 511 g/mol. The lowest BCUT2D eigenvalue weighted by atomic mass is 10.1. The van der Waals surface area contributed by atoms with Crippen LogP contribution in [-0.2, 0) is 32.4 Å². The van der Waals surface area contributed by atoms with Crippen LogP contribution in [0.4, 0.5) is 4.39 Å². The zero-order valence-electron chi connectivity index (χ0n) is 20.4. The molecule has 8 heteroatoms. The number of sulfone groups is 1. The van der Waals surface area contributed by atoms with Gasteiger partial charge in [-0.05, 0) is 67.1 Å². The summed E-state index contributed by atoms with van der Waals surface area (Å²) < 4.78 is 42.3. The zero-order valence-corrected chi connectivity index (χ0v) is 21.2. The first kappa shape index (κ1) is 26.0. The fourth-order valence-corrected chi connectivity index (χ4v) is 4.92. The minimum Gasteiger partial charge on any atom is -0.373 e. The number of likely N-dealkylation sites (tertiary alicyclic amines) is 1. The number of hydrogen-bond donors (Lipinski definition) is 0. The topological polar surface area (TPSA) is 76.6 Å².